The molecule has 0 amide bonds. The minimum atomic E-state index is -0.174. The van der Waals surface area contributed by atoms with Gasteiger partial charge in [-0.2, -0.15) is 4.98 Å². The Morgan fingerprint density at radius 2 is 2.15 bits per heavy atom. The highest BCUT2D eigenvalue weighted by Crippen LogP contribution is 2.26. The molecule has 20 heavy (non-hydrogen) atoms. The van der Waals surface area contributed by atoms with Gasteiger partial charge in [-0.25, -0.2) is 0 Å². The Kier molecular flexibility index (Phi) is 4.14. The fourth-order valence-corrected chi connectivity index (χ4v) is 3.33. The number of nitrogens with two attached hydrogens (primary N) is 1. The monoisotopic (exact) mass is 292 g/mol. The molecule has 5 nitrogen and oxygen atoms in total. The van der Waals surface area contributed by atoms with Crippen LogP contribution in [-0.2, 0) is 0 Å². The van der Waals surface area contributed by atoms with Gasteiger partial charge >= 0.3 is 0 Å². The van der Waals surface area contributed by atoms with Crippen molar-refractivity contribution < 1.29 is 4.52 Å². The number of piperidine rings is 1. The van der Waals surface area contributed by atoms with E-state index in [0.717, 1.165) is 24.5 Å². The van der Waals surface area contributed by atoms with E-state index in [1.807, 2.05) is 6.07 Å². The zero-order valence-electron chi connectivity index (χ0n) is 11.7. The van der Waals surface area contributed by atoms with Crippen molar-refractivity contribution in [2.75, 3.05) is 19.6 Å². The lowest BCUT2D eigenvalue weighted by molar-refractivity contribution is 0.213. The van der Waals surface area contributed by atoms with E-state index in [-0.39, 0.29) is 6.04 Å². The third kappa shape index (κ3) is 3.08. The van der Waals surface area contributed by atoms with E-state index >= 15 is 0 Å². The van der Waals surface area contributed by atoms with Crippen molar-refractivity contribution in [1.29, 1.82) is 0 Å². The molecule has 3 heterocycles. The highest BCUT2D eigenvalue weighted by Gasteiger charge is 2.20. The molecule has 3 rings (SSSR count). The second kappa shape index (κ2) is 6.03. The van der Waals surface area contributed by atoms with Gasteiger partial charge in [0.2, 0.25) is 0 Å². The van der Waals surface area contributed by atoms with Gasteiger partial charge in [-0.1, -0.05) is 11.6 Å². The lowest BCUT2D eigenvalue weighted by atomic mass is 10.1. The minimum absolute atomic E-state index is 0.174. The van der Waals surface area contributed by atoms with Gasteiger partial charge in [0.15, 0.2) is 5.82 Å². The molecular formula is C14H20N4OS. The van der Waals surface area contributed by atoms with E-state index in [1.165, 1.54) is 24.1 Å². The number of aryl methyl sites for hydroxylation is 1. The van der Waals surface area contributed by atoms with Gasteiger partial charge in [-0.05, 0) is 45.0 Å². The number of hydrogen-bond donors (Lipinski definition) is 1. The Bertz CT molecular complexity index is 559. The summed E-state index contributed by atoms with van der Waals surface area (Å²) >= 11 is 1.65. The summed E-state index contributed by atoms with van der Waals surface area (Å²) in [6.45, 7) is 5.13. The molecule has 1 fully saturated rings. The van der Waals surface area contributed by atoms with Crippen LogP contribution in [0.1, 0.15) is 36.0 Å². The van der Waals surface area contributed by atoms with Crippen molar-refractivity contribution >= 4 is 11.3 Å². The Labute approximate surface area is 122 Å². The van der Waals surface area contributed by atoms with E-state index in [9.17, 15) is 0 Å². The molecule has 1 atom stereocenters. The van der Waals surface area contributed by atoms with Crippen LogP contribution in [0.4, 0.5) is 0 Å². The first-order valence-electron chi connectivity index (χ1n) is 7.11. The Balaban J connectivity index is 1.66. The third-order valence-corrected chi connectivity index (χ3v) is 4.62. The first-order valence-corrected chi connectivity index (χ1v) is 7.92. The topological polar surface area (TPSA) is 68.2 Å². The maximum absolute atomic E-state index is 6.20. The molecule has 0 saturated carbocycles. The Morgan fingerprint density at radius 3 is 2.85 bits per heavy atom. The van der Waals surface area contributed by atoms with Crippen LogP contribution >= 0.6 is 11.3 Å². The summed E-state index contributed by atoms with van der Waals surface area (Å²) < 4.78 is 5.33. The van der Waals surface area contributed by atoms with Crippen molar-refractivity contribution in [2.24, 2.45) is 5.73 Å². The molecule has 6 heteroatoms. The molecule has 0 aromatic carbocycles. The molecule has 1 aliphatic heterocycles. The zero-order chi connectivity index (χ0) is 13.9. The molecule has 108 valence electrons. The summed E-state index contributed by atoms with van der Waals surface area (Å²) in [6.07, 6.45) is 3.85. The summed E-state index contributed by atoms with van der Waals surface area (Å²) in [4.78, 5) is 9.07. The number of aromatic nitrogens is 2. The van der Waals surface area contributed by atoms with Crippen molar-refractivity contribution in [3.8, 4) is 10.8 Å². The van der Waals surface area contributed by atoms with Crippen LogP contribution in [0.5, 0.6) is 0 Å². The standard InChI is InChI=1S/C14H20N4OS/c1-10-5-6-12(20-10)14-16-13(17-19-14)11(15)9-18-7-3-2-4-8-18/h5-6,11H,2-4,7-9,15H2,1H3. The van der Waals surface area contributed by atoms with Crippen molar-refractivity contribution in [3.63, 3.8) is 0 Å². The van der Waals surface area contributed by atoms with Crippen LogP contribution in [0.15, 0.2) is 16.7 Å². The summed E-state index contributed by atoms with van der Waals surface area (Å²) in [7, 11) is 0. The molecule has 2 N–H and O–H groups in total. The van der Waals surface area contributed by atoms with E-state index in [2.05, 4.69) is 28.0 Å². The molecule has 0 radical (unpaired) electrons. The van der Waals surface area contributed by atoms with Crippen molar-refractivity contribution in [2.45, 2.75) is 32.2 Å². The van der Waals surface area contributed by atoms with Crippen LogP contribution in [-0.4, -0.2) is 34.7 Å². The van der Waals surface area contributed by atoms with Crippen molar-refractivity contribution in [1.82, 2.24) is 15.0 Å². The first-order chi connectivity index (χ1) is 9.72. The molecule has 1 aliphatic rings. The SMILES string of the molecule is Cc1ccc(-c2nc(C(N)CN3CCCCC3)no2)s1. The van der Waals surface area contributed by atoms with Crippen LogP contribution < -0.4 is 5.73 Å². The van der Waals surface area contributed by atoms with E-state index in [1.54, 1.807) is 11.3 Å². The molecule has 1 unspecified atom stereocenters. The number of thiophene rings is 1. The molecule has 2 aromatic heterocycles. The van der Waals surface area contributed by atoms with E-state index < -0.39 is 0 Å². The molecule has 1 saturated heterocycles. The molecule has 0 spiro atoms. The summed E-state index contributed by atoms with van der Waals surface area (Å²) in [5, 5.41) is 4.04. The largest absolute Gasteiger partial charge is 0.333 e. The average molecular weight is 292 g/mol. The number of rotatable bonds is 4. The fraction of sp³-hybridized carbons (Fsp3) is 0.571. The maximum Gasteiger partial charge on any atom is 0.268 e. The Hall–Kier alpha value is -1.24. The number of hydrogen-bond acceptors (Lipinski definition) is 6. The van der Waals surface area contributed by atoms with Crippen LogP contribution in [0, 0.1) is 6.92 Å². The number of nitrogens with zero attached hydrogens (tertiary/aromatic N) is 3. The summed E-state index contributed by atoms with van der Waals surface area (Å²) in [5.41, 5.74) is 6.20. The van der Waals surface area contributed by atoms with E-state index in [4.69, 9.17) is 10.3 Å². The van der Waals surface area contributed by atoms with E-state index in [0.29, 0.717) is 11.7 Å². The summed E-state index contributed by atoms with van der Waals surface area (Å²) in [5.74, 6) is 1.18. The van der Waals surface area contributed by atoms with Crippen LogP contribution in [0.3, 0.4) is 0 Å². The van der Waals surface area contributed by atoms with Gasteiger partial charge in [0.1, 0.15) is 0 Å². The second-order valence-corrected chi connectivity index (χ2v) is 6.62. The zero-order valence-corrected chi connectivity index (χ0v) is 12.5. The minimum Gasteiger partial charge on any atom is -0.333 e. The highest BCUT2D eigenvalue weighted by atomic mass is 32.1. The van der Waals surface area contributed by atoms with Crippen molar-refractivity contribution in [3.05, 3.63) is 22.8 Å². The predicted molar refractivity (Wildman–Crippen MR) is 79.6 cm³/mol. The lowest BCUT2D eigenvalue weighted by Crippen LogP contribution is -2.36. The fourth-order valence-electron chi connectivity index (χ4n) is 2.54. The third-order valence-electron chi connectivity index (χ3n) is 3.63. The average Bonchev–Trinajstić information content (AvgIpc) is 3.08. The van der Waals surface area contributed by atoms with Gasteiger partial charge in [-0.15, -0.1) is 11.3 Å². The number of likely N-dealkylation sites (tertiary alicyclic amines) is 1. The van der Waals surface area contributed by atoms with Gasteiger partial charge in [0, 0.05) is 11.4 Å². The van der Waals surface area contributed by atoms with Gasteiger partial charge < -0.3 is 15.2 Å². The Morgan fingerprint density at radius 1 is 1.35 bits per heavy atom. The van der Waals surface area contributed by atoms with Crippen LogP contribution in [0.25, 0.3) is 10.8 Å². The molecular weight excluding hydrogens is 272 g/mol. The van der Waals surface area contributed by atoms with Gasteiger partial charge in [0.25, 0.3) is 5.89 Å². The summed E-state index contributed by atoms with van der Waals surface area (Å²) in [6, 6.07) is 3.89. The predicted octanol–water partition coefficient (Wildman–Crippen LogP) is 2.59. The highest BCUT2D eigenvalue weighted by molar-refractivity contribution is 7.15. The molecule has 0 bridgehead atoms. The second-order valence-electron chi connectivity index (χ2n) is 5.34. The first kappa shape index (κ1) is 13.7. The molecule has 0 aliphatic carbocycles. The van der Waals surface area contributed by atoms with Gasteiger partial charge in [0.05, 0.1) is 10.9 Å². The lowest BCUT2D eigenvalue weighted by Gasteiger charge is -2.27. The van der Waals surface area contributed by atoms with Gasteiger partial charge in [-0.3, -0.25) is 0 Å². The quantitative estimate of drug-likeness (QED) is 0.938. The molecule has 2 aromatic rings. The smallest absolute Gasteiger partial charge is 0.268 e. The van der Waals surface area contributed by atoms with Crippen LogP contribution in [0.2, 0.25) is 0 Å². The maximum atomic E-state index is 6.20. The normalized spacial score (nSPS) is 18.3.